The zero-order valence-electron chi connectivity index (χ0n) is 13.0. The maximum Gasteiger partial charge on any atom is 0.0533 e. The van der Waals surface area contributed by atoms with E-state index in [4.69, 9.17) is 4.74 Å². The summed E-state index contributed by atoms with van der Waals surface area (Å²) in [6.45, 7) is 11.4. The summed E-state index contributed by atoms with van der Waals surface area (Å²) >= 11 is 0. The van der Waals surface area contributed by atoms with Gasteiger partial charge in [-0.3, -0.25) is 0 Å². The van der Waals surface area contributed by atoms with E-state index in [2.05, 4.69) is 25.7 Å². The van der Waals surface area contributed by atoms with Crippen LogP contribution in [0.5, 0.6) is 0 Å². The Bertz CT molecular complexity index is 209. The highest BCUT2D eigenvalue weighted by Crippen LogP contribution is 2.42. The fourth-order valence-corrected chi connectivity index (χ4v) is 3.69. The third-order valence-corrected chi connectivity index (χ3v) is 5.04. The molecular formula is C16H33NO. The van der Waals surface area contributed by atoms with Gasteiger partial charge in [0.15, 0.2) is 0 Å². The van der Waals surface area contributed by atoms with Crippen LogP contribution in [0.15, 0.2) is 0 Å². The summed E-state index contributed by atoms with van der Waals surface area (Å²) in [6.07, 6.45) is 8.37. The molecule has 1 unspecified atom stereocenters. The van der Waals surface area contributed by atoms with Gasteiger partial charge in [-0.05, 0) is 38.3 Å². The minimum Gasteiger partial charge on any atom is -0.384 e. The third kappa shape index (κ3) is 3.96. The molecule has 1 aliphatic carbocycles. The molecule has 0 aliphatic heterocycles. The quantitative estimate of drug-likeness (QED) is 0.651. The maximum atomic E-state index is 5.61. The average Bonchev–Trinajstić information content (AvgIpc) is 2.44. The van der Waals surface area contributed by atoms with Gasteiger partial charge in [-0.1, -0.05) is 40.0 Å². The standard InChI is InChI=1S/C16H33NO/c1-5-16(14-18-4,13-17(6-2)7-3)15-11-9-8-10-12-15/h15H,5-14H2,1-4H3. The molecule has 0 aromatic carbocycles. The fourth-order valence-electron chi connectivity index (χ4n) is 3.69. The van der Waals surface area contributed by atoms with Crippen LogP contribution in [0.3, 0.4) is 0 Å². The SMILES string of the molecule is CCN(CC)CC(CC)(COC)C1CCCCC1. The molecule has 0 saturated heterocycles. The van der Waals surface area contributed by atoms with E-state index in [0.717, 1.165) is 25.6 Å². The lowest BCUT2D eigenvalue weighted by molar-refractivity contribution is -0.0136. The monoisotopic (exact) mass is 255 g/mol. The Morgan fingerprint density at radius 2 is 1.67 bits per heavy atom. The molecule has 0 heterocycles. The number of hydrogen-bond acceptors (Lipinski definition) is 2. The summed E-state index contributed by atoms with van der Waals surface area (Å²) in [5, 5.41) is 0. The number of nitrogens with zero attached hydrogens (tertiary/aromatic N) is 1. The molecule has 0 aromatic rings. The highest BCUT2D eigenvalue weighted by molar-refractivity contribution is 4.89. The predicted molar refractivity (Wildman–Crippen MR) is 79.0 cm³/mol. The zero-order valence-corrected chi connectivity index (χ0v) is 13.0. The number of rotatable bonds is 8. The summed E-state index contributed by atoms with van der Waals surface area (Å²) in [7, 11) is 1.87. The second-order valence-corrected chi connectivity index (χ2v) is 5.95. The van der Waals surface area contributed by atoms with Crippen LogP contribution in [0.25, 0.3) is 0 Å². The van der Waals surface area contributed by atoms with Gasteiger partial charge in [0, 0.05) is 19.1 Å². The largest absolute Gasteiger partial charge is 0.384 e. The van der Waals surface area contributed by atoms with Crippen molar-refractivity contribution in [3.8, 4) is 0 Å². The Morgan fingerprint density at radius 1 is 1.06 bits per heavy atom. The first-order valence-corrected chi connectivity index (χ1v) is 7.93. The molecule has 2 heteroatoms. The van der Waals surface area contributed by atoms with E-state index >= 15 is 0 Å². The lowest BCUT2D eigenvalue weighted by Crippen LogP contribution is -2.46. The maximum absolute atomic E-state index is 5.61. The van der Waals surface area contributed by atoms with E-state index in [-0.39, 0.29) is 0 Å². The fraction of sp³-hybridized carbons (Fsp3) is 1.00. The van der Waals surface area contributed by atoms with Gasteiger partial charge in [-0.25, -0.2) is 0 Å². The molecule has 108 valence electrons. The van der Waals surface area contributed by atoms with Crippen molar-refractivity contribution in [1.82, 2.24) is 4.90 Å². The normalized spacial score (nSPS) is 21.2. The van der Waals surface area contributed by atoms with Gasteiger partial charge < -0.3 is 9.64 Å². The Kier molecular flexibility index (Phi) is 7.25. The number of methoxy groups -OCH3 is 1. The predicted octanol–water partition coefficient (Wildman–Crippen LogP) is 3.95. The first-order valence-electron chi connectivity index (χ1n) is 7.93. The Hall–Kier alpha value is -0.0800. The van der Waals surface area contributed by atoms with Gasteiger partial charge in [-0.15, -0.1) is 0 Å². The molecule has 2 nitrogen and oxygen atoms in total. The Morgan fingerprint density at radius 3 is 2.11 bits per heavy atom. The molecule has 0 bridgehead atoms. The lowest BCUT2D eigenvalue weighted by Gasteiger charge is -2.44. The van der Waals surface area contributed by atoms with E-state index in [0.29, 0.717) is 5.41 Å². The van der Waals surface area contributed by atoms with Gasteiger partial charge in [0.25, 0.3) is 0 Å². The van der Waals surface area contributed by atoms with Crippen LogP contribution in [-0.4, -0.2) is 38.3 Å². The Balaban J connectivity index is 2.77. The Labute approximate surface area is 114 Å². The van der Waals surface area contributed by atoms with Gasteiger partial charge in [0.05, 0.1) is 6.61 Å². The van der Waals surface area contributed by atoms with Crippen LogP contribution in [0.1, 0.15) is 59.3 Å². The van der Waals surface area contributed by atoms with Crippen molar-refractivity contribution in [3.05, 3.63) is 0 Å². The van der Waals surface area contributed by atoms with Crippen molar-refractivity contribution in [1.29, 1.82) is 0 Å². The van der Waals surface area contributed by atoms with Gasteiger partial charge in [0.1, 0.15) is 0 Å². The second kappa shape index (κ2) is 8.16. The first kappa shape index (κ1) is 16.0. The van der Waals surface area contributed by atoms with Crippen LogP contribution < -0.4 is 0 Å². The van der Waals surface area contributed by atoms with Crippen LogP contribution in [-0.2, 0) is 4.74 Å². The third-order valence-electron chi connectivity index (χ3n) is 5.04. The molecule has 0 amide bonds. The molecule has 0 N–H and O–H groups in total. The van der Waals surface area contributed by atoms with E-state index < -0.39 is 0 Å². The molecule has 18 heavy (non-hydrogen) atoms. The molecule has 1 aliphatic rings. The second-order valence-electron chi connectivity index (χ2n) is 5.95. The van der Waals surface area contributed by atoms with Gasteiger partial charge in [0.2, 0.25) is 0 Å². The molecule has 1 rings (SSSR count). The highest BCUT2D eigenvalue weighted by atomic mass is 16.5. The summed E-state index contributed by atoms with van der Waals surface area (Å²) in [6, 6.07) is 0. The molecule has 0 radical (unpaired) electrons. The summed E-state index contributed by atoms with van der Waals surface area (Å²) < 4.78 is 5.61. The zero-order chi connectivity index (χ0) is 13.4. The van der Waals surface area contributed by atoms with Crippen molar-refractivity contribution >= 4 is 0 Å². The lowest BCUT2D eigenvalue weighted by atomic mass is 9.67. The van der Waals surface area contributed by atoms with E-state index in [9.17, 15) is 0 Å². The highest BCUT2D eigenvalue weighted by Gasteiger charge is 2.38. The van der Waals surface area contributed by atoms with Crippen molar-refractivity contribution in [3.63, 3.8) is 0 Å². The van der Waals surface area contributed by atoms with Crippen molar-refractivity contribution in [2.45, 2.75) is 59.3 Å². The van der Waals surface area contributed by atoms with E-state index in [1.54, 1.807) is 0 Å². The van der Waals surface area contributed by atoms with E-state index in [1.807, 2.05) is 7.11 Å². The number of hydrogen-bond donors (Lipinski definition) is 0. The first-order chi connectivity index (χ1) is 8.72. The van der Waals surface area contributed by atoms with Crippen LogP contribution in [0.4, 0.5) is 0 Å². The smallest absolute Gasteiger partial charge is 0.0533 e. The minimum absolute atomic E-state index is 0.390. The molecule has 0 spiro atoms. The van der Waals surface area contributed by atoms with Gasteiger partial charge >= 0.3 is 0 Å². The average molecular weight is 255 g/mol. The van der Waals surface area contributed by atoms with Crippen molar-refractivity contribution < 1.29 is 4.74 Å². The van der Waals surface area contributed by atoms with Crippen molar-refractivity contribution in [2.24, 2.45) is 11.3 Å². The minimum atomic E-state index is 0.390. The van der Waals surface area contributed by atoms with Gasteiger partial charge in [-0.2, -0.15) is 0 Å². The molecular weight excluding hydrogens is 222 g/mol. The van der Waals surface area contributed by atoms with Crippen LogP contribution in [0, 0.1) is 11.3 Å². The van der Waals surface area contributed by atoms with Crippen LogP contribution >= 0.6 is 0 Å². The van der Waals surface area contributed by atoms with Crippen LogP contribution in [0.2, 0.25) is 0 Å². The molecule has 1 saturated carbocycles. The molecule has 1 fully saturated rings. The van der Waals surface area contributed by atoms with E-state index in [1.165, 1.54) is 45.1 Å². The summed E-state index contributed by atoms with van der Waals surface area (Å²) in [5.74, 6) is 0.872. The summed E-state index contributed by atoms with van der Waals surface area (Å²) in [4.78, 5) is 2.58. The molecule has 1 atom stereocenters. The topological polar surface area (TPSA) is 12.5 Å². The van der Waals surface area contributed by atoms with Crippen molar-refractivity contribution in [2.75, 3.05) is 33.4 Å². The summed E-state index contributed by atoms with van der Waals surface area (Å²) in [5.41, 5.74) is 0.390. The number of ether oxygens (including phenoxy) is 1. The molecule has 0 aromatic heterocycles.